The average molecular weight is 381 g/mol. The first-order valence-electron chi connectivity index (χ1n) is 6.15. The highest BCUT2D eigenvalue weighted by Gasteiger charge is 2.31. The molecule has 2 aromatic rings. The number of nitro groups is 1. The number of hydrogen-bond donors (Lipinski definition) is 1. The van der Waals surface area contributed by atoms with Gasteiger partial charge in [-0.25, -0.2) is 8.42 Å². The number of sulfonamides is 1. The lowest BCUT2D eigenvalue weighted by molar-refractivity contribution is -0.385. The van der Waals surface area contributed by atoms with E-state index in [9.17, 15) is 31.7 Å². The van der Waals surface area contributed by atoms with Gasteiger partial charge in [0, 0.05) is 12.1 Å². The lowest BCUT2D eigenvalue weighted by Gasteiger charge is -2.12. The summed E-state index contributed by atoms with van der Waals surface area (Å²) in [6.45, 7) is 0. The molecule has 0 spiro atoms. The van der Waals surface area contributed by atoms with Crippen LogP contribution in [0.1, 0.15) is 5.56 Å². The van der Waals surface area contributed by atoms with Crippen molar-refractivity contribution in [2.45, 2.75) is 11.1 Å². The Labute approximate surface area is 139 Å². The first-order chi connectivity index (χ1) is 11.0. The second-order valence-electron chi connectivity index (χ2n) is 4.55. The Kier molecular flexibility index (Phi) is 4.72. The number of halogens is 4. The minimum absolute atomic E-state index is 0.281. The largest absolute Gasteiger partial charge is 0.416 e. The molecule has 0 radical (unpaired) electrons. The van der Waals surface area contributed by atoms with Crippen LogP contribution < -0.4 is 4.72 Å². The molecule has 0 aliphatic heterocycles. The van der Waals surface area contributed by atoms with Crippen molar-refractivity contribution in [3.8, 4) is 0 Å². The van der Waals surface area contributed by atoms with E-state index in [1.54, 1.807) is 0 Å². The molecule has 0 aliphatic rings. The van der Waals surface area contributed by atoms with Gasteiger partial charge in [0.05, 0.1) is 26.1 Å². The van der Waals surface area contributed by atoms with Crippen LogP contribution in [0.15, 0.2) is 47.4 Å². The first kappa shape index (κ1) is 18.0. The van der Waals surface area contributed by atoms with Crippen LogP contribution in [0.4, 0.5) is 24.5 Å². The second kappa shape index (κ2) is 6.29. The third-order valence-electron chi connectivity index (χ3n) is 2.88. The summed E-state index contributed by atoms with van der Waals surface area (Å²) in [4.78, 5) is 9.49. The lowest BCUT2D eigenvalue weighted by atomic mass is 10.2. The summed E-state index contributed by atoms with van der Waals surface area (Å²) in [6, 6.07) is 6.29. The van der Waals surface area contributed by atoms with Crippen molar-refractivity contribution in [2.75, 3.05) is 4.72 Å². The molecule has 0 amide bonds. The van der Waals surface area contributed by atoms with E-state index in [0.717, 1.165) is 24.3 Å². The quantitative estimate of drug-likeness (QED) is 0.639. The zero-order valence-electron chi connectivity index (χ0n) is 11.5. The van der Waals surface area contributed by atoms with Gasteiger partial charge in [-0.3, -0.25) is 14.8 Å². The topological polar surface area (TPSA) is 89.3 Å². The zero-order valence-corrected chi connectivity index (χ0v) is 13.1. The van der Waals surface area contributed by atoms with Gasteiger partial charge in [0.1, 0.15) is 0 Å². The van der Waals surface area contributed by atoms with E-state index in [0.29, 0.717) is 12.1 Å². The Morgan fingerprint density at radius 2 is 1.79 bits per heavy atom. The van der Waals surface area contributed by atoms with Crippen molar-refractivity contribution in [2.24, 2.45) is 0 Å². The number of alkyl halides is 3. The molecule has 2 rings (SSSR count). The van der Waals surface area contributed by atoms with Crippen molar-refractivity contribution >= 4 is 33.0 Å². The summed E-state index contributed by atoms with van der Waals surface area (Å²) in [5.41, 5.74) is -1.77. The number of benzene rings is 2. The van der Waals surface area contributed by atoms with Gasteiger partial charge >= 0.3 is 6.18 Å². The third kappa shape index (κ3) is 3.95. The molecule has 0 saturated carbocycles. The molecule has 0 bridgehead atoms. The summed E-state index contributed by atoms with van der Waals surface area (Å²) in [5.74, 6) is 0. The molecular weight excluding hydrogens is 373 g/mol. The van der Waals surface area contributed by atoms with Crippen LogP contribution in [0.3, 0.4) is 0 Å². The van der Waals surface area contributed by atoms with E-state index in [1.165, 1.54) is 6.07 Å². The highest BCUT2D eigenvalue weighted by atomic mass is 35.5. The molecule has 0 atom stereocenters. The standard InChI is InChI=1S/C13H8ClF3N2O4S/c14-11-6-8(13(15,16)17)4-5-12(11)18-24(22,23)10-3-1-2-9(7-10)19(20)21/h1-7,18H. The van der Waals surface area contributed by atoms with Crippen molar-refractivity contribution in [1.29, 1.82) is 0 Å². The molecule has 0 unspecified atom stereocenters. The number of non-ortho nitro benzene ring substituents is 1. The summed E-state index contributed by atoms with van der Waals surface area (Å²) >= 11 is 5.68. The maximum absolute atomic E-state index is 12.6. The Hall–Kier alpha value is -2.33. The van der Waals surface area contributed by atoms with Crippen molar-refractivity contribution in [3.63, 3.8) is 0 Å². The van der Waals surface area contributed by atoms with E-state index in [1.807, 2.05) is 4.72 Å². The van der Waals surface area contributed by atoms with E-state index in [2.05, 4.69) is 0 Å². The third-order valence-corrected chi connectivity index (χ3v) is 4.56. The average Bonchev–Trinajstić information content (AvgIpc) is 2.48. The molecule has 1 N–H and O–H groups in total. The van der Waals surface area contributed by atoms with Gasteiger partial charge < -0.3 is 0 Å². The molecule has 0 aliphatic carbocycles. The van der Waals surface area contributed by atoms with Gasteiger partial charge in [-0.2, -0.15) is 13.2 Å². The van der Waals surface area contributed by atoms with E-state index < -0.39 is 42.3 Å². The first-order valence-corrected chi connectivity index (χ1v) is 8.01. The highest BCUT2D eigenvalue weighted by Crippen LogP contribution is 2.34. The van der Waals surface area contributed by atoms with E-state index in [4.69, 9.17) is 11.6 Å². The van der Waals surface area contributed by atoms with Crippen LogP contribution in [0.5, 0.6) is 0 Å². The molecule has 0 aromatic heterocycles. The number of nitrogens with one attached hydrogen (secondary N) is 1. The molecule has 2 aromatic carbocycles. The molecule has 24 heavy (non-hydrogen) atoms. The van der Waals surface area contributed by atoms with Crippen molar-refractivity contribution < 1.29 is 26.5 Å². The van der Waals surface area contributed by atoms with Gasteiger partial charge in [-0.05, 0) is 24.3 Å². The number of nitrogens with zero attached hydrogens (tertiary/aromatic N) is 1. The molecule has 128 valence electrons. The van der Waals surface area contributed by atoms with Crippen LogP contribution in [0, 0.1) is 10.1 Å². The van der Waals surface area contributed by atoms with Gasteiger partial charge in [0.2, 0.25) is 0 Å². The Morgan fingerprint density at radius 3 is 2.33 bits per heavy atom. The molecule has 0 heterocycles. The van der Waals surface area contributed by atoms with E-state index in [-0.39, 0.29) is 5.69 Å². The van der Waals surface area contributed by atoms with Crippen LogP contribution in [-0.2, 0) is 16.2 Å². The predicted octanol–water partition coefficient (Wildman–Crippen LogP) is 4.07. The molecule has 0 saturated heterocycles. The van der Waals surface area contributed by atoms with Crippen molar-refractivity contribution in [3.05, 3.63) is 63.2 Å². The maximum atomic E-state index is 12.6. The van der Waals surface area contributed by atoms with Crippen molar-refractivity contribution in [1.82, 2.24) is 0 Å². The minimum atomic E-state index is -4.62. The van der Waals surface area contributed by atoms with Gasteiger partial charge in [-0.15, -0.1) is 0 Å². The second-order valence-corrected chi connectivity index (χ2v) is 6.64. The Morgan fingerprint density at radius 1 is 1.12 bits per heavy atom. The smallest absolute Gasteiger partial charge is 0.278 e. The molecule has 11 heteroatoms. The number of anilines is 1. The molecular formula is C13H8ClF3N2O4S. The number of hydrogen-bond acceptors (Lipinski definition) is 4. The molecule has 6 nitrogen and oxygen atoms in total. The number of rotatable bonds is 4. The van der Waals surface area contributed by atoms with Crippen LogP contribution >= 0.6 is 11.6 Å². The van der Waals surface area contributed by atoms with Crippen LogP contribution in [0.2, 0.25) is 5.02 Å². The minimum Gasteiger partial charge on any atom is -0.278 e. The zero-order chi connectivity index (χ0) is 18.1. The fourth-order valence-electron chi connectivity index (χ4n) is 1.74. The highest BCUT2D eigenvalue weighted by molar-refractivity contribution is 7.92. The summed E-state index contributed by atoms with van der Waals surface area (Å²) in [5, 5.41) is 10.2. The normalized spacial score (nSPS) is 12.0. The Balaban J connectivity index is 2.36. The summed E-state index contributed by atoms with van der Waals surface area (Å²) in [6.07, 6.45) is -4.62. The SMILES string of the molecule is O=[N+]([O-])c1cccc(S(=O)(=O)Nc2ccc(C(F)(F)F)cc2Cl)c1. The molecule has 0 fully saturated rings. The monoisotopic (exact) mass is 380 g/mol. The van der Waals surface area contributed by atoms with Gasteiger partial charge in [-0.1, -0.05) is 17.7 Å². The number of nitro benzene ring substituents is 1. The predicted molar refractivity (Wildman–Crippen MR) is 80.4 cm³/mol. The maximum Gasteiger partial charge on any atom is 0.416 e. The van der Waals surface area contributed by atoms with E-state index >= 15 is 0 Å². The fourth-order valence-corrected chi connectivity index (χ4v) is 3.14. The fraction of sp³-hybridized carbons (Fsp3) is 0.0769. The van der Waals surface area contributed by atoms with Gasteiger partial charge in [0.25, 0.3) is 15.7 Å². The summed E-state index contributed by atoms with van der Waals surface area (Å²) in [7, 11) is -4.26. The van der Waals surface area contributed by atoms with Crippen LogP contribution in [0.25, 0.3) is 0 Å². The van der Waals surface area contributed by atoms with Gasteiger partial charge in [0.15, 0.2) is 0 Å². The van der Waals surface area contributed by atoms with Crippen LogP contribution in [-0.4, -0.2) is 13.3 Å². The Bertz CT molecular complexity index is 900. The summed E-state index contributed by atoms with van der Waals surface area (Å²) < 4.78 is 64.1. The lowest BCUT2D eigenvalue weighted by Crippen LogP contribution is -2.14.